The van der Waals surface area contributed by atoms with Gasteiger partial charge in [0.1, 0.15) is 10.5 Å². The van der Waals surface area contributed by atoms with Crippen LogP contribution in [0.3, 0.4) is 0 Å². The number of hydrogen-bond acceptors (Lipinski definition) is 8. The summed E-state index contributed by atoms with van der Waals surface area (Å²) in [6.07, 6.45) is 2.17. The Balaban J connectivity index is 2.17. The molecule has 0 aliphatic heterocycles. The number of nitrogens with two attached hydrogens (primary N) is 1. The fourth-order valence-corrected chi connectivity index (χ4v) is 3.79. The lowest BCUT2D eigenvalue weighted by Gasteiger charge is -2.17. The van der Waals surface area contributed by atoms with E-state index < -0.39 is 20.6 Å². The number of ether oxygens (including phenoxy) is 1. The van der Waals surface area contributed by atoms with E-state index >= 15 is 0 Å². The molecule has 0 atom stereocenters. The number of likely N-dealkylation sites (N-methyl/N-ethyl adjacent to an activating group) is 1. The second-order valence-electron chi connectivity index (χ2n) is 7.23. The molecule has 0 spiro atoms. The van der Waals surface area contributed by atoms with Crippen molar-refractivity contribution in [2.45, 2.75) is 43.9 Å². The number of carbonyl (C=O) groups is 2. The Hall–Kier alpha value is -2.92. The molecule has 170 valence electrons. The molecule has 3 N–H and O–H groups in total. The number of benzene rings is 1. The smallest absolute Gasteiger partial charge is 0.340 e. The molecule has 31 heavy (non-hydrogen) atoms. The van der Waals surface area contributed by atoms with Crippen molar-refractivity contribution in [3.05, 3.63) is 33.7 Å². The van der Waals surface area contributed by atoms with Crippen molar-refractivity contribution in [2.75, 3.05) is 26.4 Å². The third-order valence-electron chi connectivity index (χ3n) is 5.05. The van der Waals surface area contributed by atoms with Gasteiger partial charge in [0.05, 0.1) is 24.8 Å². The summed E-state index contributed by atoms with van der Waals surface area (Å²) in [5, 5.41) is 0.259. The van der Waals surface area contributed by atoms with Crippen LogP contribution in [0.2, 0.25) is 0 Å². The van der Waals surface area contributed by atoms with Crippen LogP contribution in [0.5, 0.6) is 0 Å². The van der Waals surface area contributed by atoms with Gasteiger partial charge in [0.25, 0.3) is 10.1 Å². The summed E-state index contributed by atoms with van der Waals surface area (Å²) in [5.74, 6) is -0.588. The Labute approximate surface area is 179 Å². The van der Waals surface area contributed by atoms with Crippen molar-refractivity contribution in [2.24, 2.45) is 0 Å². The topological polar surface area (TPSA) is 157 Å². The third kappa shape index (κ3) is 6.05. The molecule has 1 amide bonds. The zero-order chi connectivity index (χ0) is 23.3. The van der Waals surface area contributed by atoms with E-state index in [-0.39, 0.29) is 40.5 Å². The maximum atomic E-state index is 12.6. The molecule has 0 saturated heterocycles. The molecular weight excluding hydrogens is 428 g/mol. The van der Waals surface area contributed by atoms with Crippen LogP contribution in [-0.4, -0.2) is 50.4 Å². The van der Waals surface area contributed by atoms with E-state index in [0.717, 1.165) is 18.6 Å². The van der Waals surface area contributed by atoms with E-state index in [1.54, 1.807) is 14.0 Å². The Kier molecular flexibility index (Phi) is 7.80. The number of hydrogen-bond donors (Lipinski definition) is 2. The average molecular weight is 455 g/mol. The Morgan fingerprint density at radius 1 is 1.23 bits per heavy atom. The zero-order valence-electron chi connectivity index (χ0n) is 17.6. The predicted molar refractivity (Wildman–Crippen MR) is 113 cm³/mol. The minimum absolute atomic E-state index is 0.0579. The van der Waals surface area contributed by atoms with Gasteiger partial charge in [-0.15, -0.1) is 0 Å². The molecule has 0 unspecified atom stereocenters. The van der Waals surface area contributed by atoms with Crippen molar-refractivity contribution in [3.8, 4) is 0 Å². The van der Waals surface area contributed by atoms with Crippen LogP contribution in [0, 0.1) is 6.92 Å². The summed E-state index contributed by atoms with van der Waals surface area (Å²) in [5.41, 5.74) is 5.19. The number of methoxy groups -OCH3 is 1. The standard InChI is InChI=1S/C20H26N2O8S/c1-12-13-9-17(31(26,27)28)15(21)11-16(13)30-20(25)14(12)10-18(23)22(2)8-6-4-5-7-19(24)29-3/h9,11H,4-8,10,21H2,1-3H3,(H,26,27,28). The van der Waals surface area contributed by atoms with E-state index in [1.165, 1.54) is 12.0 Å². The fourth-order valence-electron chi connectivity index (χ4n) is 3.17. The SMILES string of the molecule is COC(=O)CCCCCN(C)C(=O)Cc1c(C)c2cc(S(=O)(=O)O)c(N)cc2oc1=O. The average Bonchev–Trinajstić information content (AvgIpc) is 2.68. The number of amides is 1. The molecule has 0 bridgehead atoms. The highest BCUT2D eigenvalue weighted by Crippen LogP contribution is 2.28. The number of nitrogens with zero attached hydrogens (tertiary/aromatic N) is 1. The van der Waals surface area contributed by atoms with Gasteiger partial charge in [0.2, 0.25) is 5.91 Å². The third-order valence-corrected chi connectivity index (χ3v) is 5.96. The molecule has 2 aromatic rings. The minimum atomic E-state index is -4.57. The van der Waals surface area contributed by atoms with Crippen LogP contribution in [0.25, 0.3) is 11.0 Å². The number of esters is 1. The Bertz CT molecular complexity index is 1150. The van der Waals surface area contributed by atoms with Gasteiger partial charge in [-0.3, -0.25) is 14.1 Å². The number of fused-ring (bicyclic) bond motifs is 1. The fraction of sp³-hybridized carbons (Fsp3) is 0.450. The first-order valence-corrected chi connectivity index (χ1v) is 11.0. The highest BCUT2D eigenvalue weighted by molar-refractivity contribution is 7.86. The Morgan fingerprint density at radius 2 is 1.90 bits per heavy atom. The molecular formula is C20H26N2O8S. The molecule has 0 saturated carbocycles. The van der Waals surface area contributed by atoms with Crippen LogP contribution in [0.15, 0.2) is 26.2 Å². The summed E-state index contributed by atoms with van der Waals surface area (Å²) in [7, 11) is -1.63. The van der Waals surface area contributed by atoms with Crippen LogP contribution >= 0.6 is 0 Å². The van der Waals surface area contributed by atoms with Crippen molar-refractivity contribution >= 4 is 38.7 Å². The van der Waals surface area contributed by atoms with Crippen LogP contribution in [-0.2, 0) is 30.9 Å². The van der Waals surface area contributed by atoms with Gasteiger partial charge in [0, 0.05) is 31.5 Å². The van der Waals surface area contributed by atoms with E-state index in [9.17, 15) is 27.4 Å². The summed E-state index contributed by atoms with van der Waals surface area (Å²) < 4.78 is 42.2. The predicted octanol–water partition coefficient (Wildman–Crippen LogP) is 1.66. The van der Waals surface area contributed by atoms with Crippen LogP contribution < -0.4 is 11.4 Å². The molecule has 0 aliphatic carbocycles. The van der Waals surface area contributed by atoms with Crippen LogP contribution in [0.4, 0.5) is 5.69 Å². The van der Waals surface area contributed by atoms with E-state index in [4.69, 9.17) is 10.2 Å². The quantitative estimate of drug-likeness (QED) is 0.189. The lowest BCUT2D eigenvalue weighted by Crippen LogP contribution is -2.31. The van der Waals surface area contributed by atoms with E-state index in [0.29, 0.717) is 31.4 Å². The minimum Gasteiger partial charge on any atom is -0.469 e. The molecule has 0 radical (unpaired) electrons. The van der Waals surface area contributed by atoms with Gasteiger partial charge in [-0.05, 0) is 31.4 Å². The lowest BCUT2D eigenvalue weighted by atomic mass is 10.0. The molecule has 1 aromatic carbocycles. The summed E-state index contributed by atoms with van der Waals surface area (Å²) in [6, 6.07) is 2.27. The van der Waals surface area contributed by atoms with Gasteiger partial charge < -0.3 is 19.8 Å². The largest absolute Gasteiger partial charge is 0.469 e. The first-order chi connectivity index (χ1) is 14.5. The maximum absolute atomic E-state index is 12.6. The van der Waals surface area contributed by atoms with Gasteiger partial charge in [-0.25, -0.2) is 4.79 Å². The second-order valence-corrected chi connectivity index (χ2v) is 8.62. The number of carbonyl (C=O) groups excluding carboxylic acids is 2. The highest BCUT2D eigenvalue weighted by Gasteiger charge is 2.21. The number of unbranched alkanes of at least 4 members (excludes halogenated alkanes) is 2. The van der Waals surface area contributed by atoms with Gasteiger partial charge in [-0.2, -0.15) is 8.42 Å². The van der Waals surface area contributed by atoms with Crippen molar-refractivity contribution in [3.63, 3.8) is 0 Å². The normalized spacial score (nSPS) is 11.5. The van der Waals surface area contributed by atoms with Crippen molar-refractivity contribution in [1.29, 1.82) is 0 Å². The molecule has 11 heteroatoms. The molecule has 2 rings (SSSR count). The zero-order valence-corrected chi connectivity index (χ0v) is 18.5. The Morgan fingerprint density at radius 3 is 2.52 bits per heavy atom. The molecule has 1 aromatic heterocycles. The number of rotatable bonds is 9. The lowest BCUT2D eigenvalue weighted by molar-refractivity contribution is -0.140. The molecule has 1 heterocycles. The summed E-state index contributed by atoms with van der Waals surface area (Å²) in [6.45, 7) is 2.01. The number of anilines is 1. The summed E-state index contributed by atoms with van der Waals surface area (Å²) in [4.78, 5) is 37.0. The number of nitrogen functional groups attached to an aromatic ring is 1. The van der Waals surface area contributed by atoms with Crippen molar-refractivity contribution < 1.29 is 31.7 Å². The summed E-state index contributed by atoms with van der Waals surface area (Å²) >= 11 is 0. The van der Waals surface area contributed by atoms with Gasteiger partial charge >= 0.3 is 11.6 Å². The monoisotopic (exact) mass is 454 g/mol. The number of aryl methyl sites for hydroxylation is 1. The van der Waals surface area contributed by atoms with E-state index in [2.05, 4.69) is 4.74 Å². The van der Waals surface area contributed by atoms with Gasteiger partial charge in [0.15, 0.2) is 0 Å². The van der Waals surface area contributed by atoms with Crippen molar-refractivity contribution in [1.82, 2.24) is 4.90 Å². The second kappa shape index (κ2) is 9.92. The first kappa shape index (κ1) is 24.4. The molecule has 0 aliphatic rings. The highest BCUT2D eigenvalue weighted by atomic mass is 32.2. The van der Waals surface area contributed by atoms with Crippen LogP contribution in [0.1, 0.15) is 36.8 Å². The van der Waals surface area contributed by atoms with Gasteiger partial charge in [-0.1, -0.05) is 6.42 Å². The van der Waals surface area contributed by atoms with E-state index in [1.807, 2.05) is 0 Å². The maximum Gasteiger partial charge on any atom is 0.340 e. The molecule has 10 nitrogen and oxygen atoms in total. The first-order valence-electron chi connectivity index (χ1n) is 9.59. The molecule has 0 fully saturated rings.